The molecule has 1 atom stereocenters. The van der Waals surface area contributed by atoms with E-state index in [2.05, 4.69) is 41.9 Å². The van der Waals surface area contributed by atoms with Gasteiger partial charge in [-0.25, -0.2) is 0 Å². The van der Waals surface area contributed by atoms with Crippen molar-refractivity contribution in [3.63, 3.8) is 0 Å². The maximum Gasteiger partial charge on any atom is 0.114 e. The van der Waals surface area contributed by atoms with Gasteiger partial charge in [-0.2, -0.15) is 0 Å². The fraction of sp³-hybridized carbons (Fsp3) is 0.294. The monoisotopic (exact) mass is 318 g/mol. The van der Waals surface area contributed by atoms with Crippen molar-refractivity contribution in [2.24, 2.45) is 0 Å². The summed E-state index contributed by atoms with van der Waals surface area (Å²) >= 11 is 3.47. The Morgan fingerprint density at radius 1 is 1.00 bits per heavy atom. The Balaban J connectivity index is 2.56. The zero-order chi connectivity index (χ0) is 14.0. The molecule has 2 heteroatoms. The van der Waals surface area contributed by atoms with Crippen LogP contribution < -0.4 is 0 Å². The van der Waals surface area contributed by atoms with Gasteiger partial charge in [-0.3, -0.25) is 0 Å². The maximum atomic E-state index is 11.1. The Hall–Kier alpha value is -1.12. The van der Waals surface area contributed by atoms with Crippen molar-refractivity contribution < 1.29 is 5.11 Å². The summed E-state index contributed by atoms with van der Waals surface area (Å²) in [5.74, 6) is 0. The van der Waals surface area contributed by atoms with E-state index in [0.717, 1.165) is 15.6 Å². The lowest BCUT2D eigenvalue weighted by Gasteiger charge is -2.29. The third-order valence-electron chi connectivity index (χ3n) is 3.80. The Morgan fingerprint density at radius 3 is 2.26 bits per heavy atom. The van der Waals surface area contributed by atoms with E-state index in [1.165, 1.54) is 11.1 Å². The van der Waals surface area contributed by atoms with Crippen molar-refractivity contribution in [2.75, 3.05) is 0 Å². The summed E-state index contributed by atoms with van der Waals surface area (Å²) in [6.07, 6.45) is 0.645. The van der Waals surface area contributed by atoms with Crippen LogP contribution in [0.5, 0.6) is 0 Å². The van der Waals surface area contributed by atoms with Gasteiger partial charge >= 0.3 is 0 Å². The summed E-state index contributed by atoms with van der Waals surface area (Å²) in [7, 11) is 0. The Morgan fingerprint density at radius 2 is 1.68 bits per heavy atom. The maximum absolute atomic E-state index is 11.1. The minimum atomic E-state index is -0.928. The average molecular weight is 319 g/mol. The Kier molecular flexibility index (Phi) is 4.12. The first-order valence-electron chi connectivity index (χ1n) is 6.53. The molecule has 0 saturated heterocycles. The zero-order valence-corrected chi connectivity index (χ0v) is 13.2. The molecule has 1 unspecified atom stereocenters. The third kappa shape index (κ3) is 2.75. The van der Waals surface area contributed by atoms with Gasteiger partial charge in [0.05, 0.1) is 0 Å². The van der Waals surface area contributed by atoms with Crippen LogP contribution in [0.25, 0.3) is 0 Å². The molecule has 2 rings (SSSR count). The molecule has 2 aromatic rings. The quantitative estimate of drug-likeness (QED) is 0.868. The molecule has 19 heavy (non-hydrogen) atoms. The van der Waals surface area contributed by atoms with E-state index in [4.69, 9.17) is 0 Å². The second kappa shape index (κ2) is 5.48. The highest BCUT2D eigenvalue weighted by atomic mass is 79.9. The van der Waals surface area contributed by atoms with Gasteiger partial charge in [-0.15, -0.1) is 0 Å². The van der Waals surface area contributed by atoms with Crippen LogP contribution in [-0.4, -0.2) is 5.11 Å². The highest BCUT2D eigenvalue weighted by Crippen LogP contribution is 2.34. The standard InChI is InChI=1S/C17H19BrO/c1-4-17(19,14-6-5-7-16(18)11-14)15-9-8-12(2)13(3)10-15/h5-11,19H,4H2,1-3H3. The summed E-state index contributed by atoms with van der Waals surface area (Å²) in [6, 6.07) is 14.1. The predicted octanol–water partition coefficient (Wildman–Crippen LogP) is 4.71. The molecular weight excluding hydrogens is 300 g/mol. The van der Waals surface area contributed by atoms with Gasteiger partial charge in [0, 0.05) is 4.47 Å². The number of hydrogen-bond donors (Lipinski definition) is 1. The van der Waals surface area contributed by atoms with E-state index in [9.17, 15) is 5.11 Å². The first kappa shape index (κ1) is 14.3. The van der Waals surface area contributed by atoms with Crippen LogP contribution in [0.1, 0.15) is 35.6 Å². The van der Waals surface area contributed by atoms with Crippen LogP contribution in [0.4, 0.5) is 0 Å². The van der Waals surface area contributed by atoms with Gasteiger partial charge in [0.1, 0.15) is 5.60 Å². The number of benzene rings is 2. The molecule has 0 fully saturated rings. The number of aliphatic hydroxyl groups is 1. The minimum absolute atomic E-state index is 0.645. The summed E-state index contributed by atoms with van der Waals surface area (Å²) in [4.78, 5) is 0. The van der Waals surface area contributed by atoms with Crippen LogP contribution in [0.2, 0.25) is 0 Å². The average Bonchev–Trinajstić information content (AvgIpc) is 2.41. The SMILES string of the molecule is CCC(O)(c1cccc(Br)c1)c1ccc(C)c(C)c1. The van der Waals surface area contributed by atoms with Gasteiger partial charge in [-0.1, -0.05) is 53.2 Å². The molecule has 0 aromatic heterocycles. The Bertz CT molecular complexity index is 592. The number of hydrogen-bond acceptors (Lipinski definition) is 1. The lowest BCUT2D eigenvalue weighted by atomic mass is 9.83. The summed E-state index contributed by atoms with van der Waals surface area (Å²) in [5.41, 5.74) is 3.40. The van der Waals surface area contributed by atoms with Gasteiger partial charge < -0.3 is 5.11 Å². The van der Waals surface area contributed by atoms with Crippen LogP contribution in [0.15, 0.2) is 46.9 Å². The lowest BCUT2D eigenvalue weighted by Crippen LogP contribution is -2.26. The Labute approximate surface area is 123 Å². The third-order valence-corrected chi connectivity index (χ3v) is 4.29. The van der Waals surface area contributed by atoms with Gasteiger partial charge in [0.15, 0.2) is 0 Å². The van der Waals surface area contributed by atoms with Crippen molar-refractivity contribution in [1.29, 1.82) is 0 Å². The fourth-order valence-corrected chi connectivity index (χ4v) is 2.72. The molecule has 0 bridgehead atoms. The van der Waals surface area contributed by atoms with E-state index in [1.807, 2.05) is 37.3 Å². The molecule has 0 aliphatic rings. The van der Waals surface area contributed by atoms with E-state index in [-0.39, 0.29) is 0 Å². The first-order valence-corrected chi connectivity index (χ1v) is 7.33. The molecule has 0 amide bonds. The smallest absolute Gasteiger partial charge is 0.114 e. The molecule has 0 aliphatic heterocycles. The van der Waals surface area contributed by atoms with E-state index < -0.39 is 5.60 Å². The summed E-state index contributed by atoms with van der Waals surface area (Å²) < 4.78 is 0.987. The molecule has 0 saturated carbocycles. The molecule has 100 valence electrons. The molecular formula is C17H19BrO. The van der Waals surface area contributed by atoms with Gasteiger partial charge in [0.25, 0.3) is 0 Å². The van der Waals surface area contributed by atoms with Crippen LogP contribution in [0.3, 0.4) is 0 Å². The number of halogens is 1. The van der Waals surface area contributed by atoms with Crippen molar-refractivity contribution in [2.45, 2.75) is 32.8 Å². The van der Waals surface area contributed by atoms with Crippen LogP contribution >= 0.6 is 15.9 Å². The van der Waals surface area contributed by atoms with Gasteiger partial charge in [-0.05, 0) is 54.7 Å². The molecule has 0 aliphatic carbocycles. The van der Waals surface area contributed by atoms with Gasteiger partial charge in [0.2, 0.25) is 0 Å². The molecule has 0 spiro atoms. The second-order valence-corrected chi connectivity index (χ2v) is 5.94. The fourth-order valence-electron chi connectivity index (χ4n) is 2.32. The van der Waals surface area contributed by atoms with E-state index in [0.29, 0.717) is 6.42 Å². The highest BCUT2D eigenvalue weighted by Gasteiger charge is 2.29. The van der Waals surface area contributed by atoms with Crippen LogP contribution in [-0.2, 0) is 5.60 Å². The largest absolute Gasteiger partial charge is 0.380 e. The molecule has 1 N–H and O–H groups in total. The second-order valence-electron chi connectivity index (χ2n) is 5.02. The molecule has 2 aromatic carbocycles. The topological polar surface area (TPSA) is 20.2 Å². The highest BCUT2D eigenvalue weighted by molar-refractivity contribution is 9.10. The minimum Gasteiger partial charge on any atom is -0.380 e. The normalized spacial score (nSPS) is 14.2. The predicted molar refractivity (Wildman–Crippen MR) is 83.3 cm³/mol. The lowest BCUT2D eigenvalue weighted by molar-refractivity contribution is 0.0764. The van der Waals surface area contributed by atoms with E-state index >= 15 is 0 Å². The first-order chi connectivity index (χ1) is 8.97. The van der Waals surface area contributed by atoms with E-state index in [1.54, 1.807) is 0 Å². The van der Waals surface area contributed by atoms with Crippen molar-refractivity contribution in [3.8, 4) is 0 Å². The zero-order valence-electron chi connectivity index (χ0n) is 11.6. The molecule has 1 nitrogen and oxygen atoms in total. The van der Waals surface area contributed by atoms with Crippen molar-refractivity contribution >= 4 is 15.9 Å². The van der Waals surface area contributed by atoms with Crippen molar-refractivity contribution in [1.82, 2.24) is 0 Å². The molecule has 0 radical (unpaired) electrons. The van der Waals surface area contributed by atoms with Crippen molar-refractivity contribution in [3.05, 3.63) is 69.2 Å². The molecule has 0 heterocycles. The number of rotatable bonds is 3. The summed E-state index contributed by atoms with van der Waals surface area (Å²) in [6.45, 7) is 6.18. The number of aryl methyl sites for hydroxylation is 2. The summed E-state index contributed by atoms with van der Waals surface area (Å²) in [5, 5.41) is 11.1. The van der Waals surface area contributed by atoms with Crippen LogP contribution in [0, 0.1) is 13.8 Å².